The van der Waals surface area contributed by atoms with Crippen molar-refractivity contribution in [2.45, 2.75) is 19.9 Å². The van der Waals surface area contributed by atoms with Gasteiger partial charge < -0.3 is 10.1 Å². The highest BCUT2D eigenvalue weighted by atomic mass is 19.3. The quantitative estimate of drug-likeness (QED) is 0.570. The standard InChI is InChI=1S/C14H13F2N5O6/c1-7-13(21(25)26)12(14(15)16)18-19(7)6-11(22)17-8-3-9(20(23)24)5-10(4-8)27-2/h3-5,14H,6H2,1-2H3,(H,17,22). The highest BCUT2D eigenvalue weighted by Crippen LogP contribution is 2.31. The second-order valence-electron chi connectivity index (χ2n) is 5.26. The topological polar surface area (TPSA) is 142 Å². The van der Waals surface area contributed by atoms with E-state index in [1.165, 1.54) is 20.1 Å². The van der Waals surface area contributed by atoms with Crippen LogP contribution in [0.25, 0.3) is 0 Å². The molecule has 1 heterocycles. The molecule has 11 nitrogen and oxygen atoms in total. The molecule has 27 heavy (non-hydrogen) atoms. The maximum absolute atomic E-state index is 12.9. The summed E-state index contributed by atoms with van der Waals surface area (Å²) >= 11 is 0. The van der Waals surface area contributed by atoms with Crippen molar-refractivity contribution in [1.29, 1.82) is 0 Å². The molecule has 0 spiro atoms. The Bertz CT molecular complexity index is 914. The summed E-state index contributed by atoms with van der Waals surface area (Å²) in [7, 11) is 1.28. The summed E-state index contributed by atoms with van der Waals surface area (Å²) in [6.45, 7) is 0.574. The second-order valence-corrected chi connectivity index (χ2v) is 5.26. The number of anilines is 1. The van der Waals surface area contributed by atoms with Gasteiger partial charge in [0.05, 0.1) is 28.7 Å². The van der Waals surface area contributed by atoms with Gasteiger partial charge in [0.1, 0.15) is 18.0 Å². The van der Waals surface area contributed by atoms with Crippen molar-refractivity contribution < 1.29 is 28.2 Å². The largest absolute Gasteiger partial charge is 0.496 e. The summed E-state index contributed by atoms with van der Waals surface area (Å²) in [5.74, 6) is -0.663. The molecule has 2 rings (SSSR count). The molecule has 0 aliphatic carbocycles. The number of aromatic nitrogens is 2. The molecule has 0 saturated heterocycles. The van der Waals surface area contributed by atoms with Gasteiger partial charge in [-0.25, -0.2) is 8.78 Å². The molecule has 13 heteroatoms. The van der Waals surface area contributed by atoms with Crippen LogP contribution < -0.4 is 10.1 Å². The van der Waals surface area contributed by atoms with Crippen LogP contribution in [0.2, 0.25) is 0 Å². The Balaban J connectivity index is 2.26. The highest BCUT2D eigenvalue weighted by Gasteiger charge is 2.31. The Morgan fingerprint density at radius 3 is 2.44 bits per heavy atom. The normalized spacial score (nSPS) is 10.7. The molecular formula is C14H13F2N5O6. The van der Waals surface area contributed by atoms with Gasteiger partial charge in [-0.3, -0.25) is 29.7 Å². The zero-order valence-electron chi connectivity index (χ0n) is 14.0. The molecule has 144 valence electrons. The lowest BCUT2D eigenvalue weighted by Crippen LogP contribution is -2.20. The van der Waals surface area contributed by atoms with Gasteiger partial charge in [0.25, 0.3) is 12.1 Å². The molecular weight excluding hydrogens is 372 g/mol. The number of hydrogen-bond donors (Lipinski definition) is 1. The van der Waals surface area contributed by atoms with E-state index in [4.69, 9.17) is 4.74 Å². The van der Waals surface area contributed by atoms with Crippen molar-refractivity contribution in [3.05, 3.63) is 49.8 Å². The predicted octanol–water partition coefficient (Wildman–Crippen LogP) is 2.59. The fraction of sp³-hybridized carbons (Fsp3) is 0.286. The third-order valence-electron chi connectivity index (χ3n) is 3.51. The molecule has 0 saturated carbocycles. The van der Waals surface area contributed by atoms with Crippen molar-refractivity contribution >= 4 is 23.0 Å². The summed E-state index contributed by atoms with van der Waals surface area (Å²) < 4.78 is 31.5. The molecule has 0 bridgehead atoms. The first-order valence-corrected chi connectivity index (χ1v) is 7.27. The number of alkyl halides is 2. The predicted molar refractivity (Wildman–Crippen MR) is 86.9 cm³/mol. The van der Waals surface area contributed by atoms with Gasteiger partial charge in [-0.05, 0) is 6.92 Å². The lowest BCUT2D eigenvalue weighted by atomic mass is 10.2. The number of nitrogens with one attached hydrogen (secondary N) is 1. The van der Waals surface area contributed by atoms with Crippen LogP contribution in [-0.2, 0) is 11.3 Å². The van der Waals surface area contributed by atoms with E-state index in [-0.39, 0.29) is 22.8 Å². The molecule has 0 unspecified atom stereocenters. The summed E-state index contributed by atoms with van der Waals surface area (Å²) in [5.41, 5.74) is -2.44. The monoisotopic (exact) mass is 385 g/mol. The van der Waals surface area contributed by atoms with E-state index in [1.807, 2.05) is 0 Å². The summed E-state index contributed by atoms with van der Waals surface area (Å²) in [5, 5.41) is 27.6. The molecule has 0 aliphatic rings. The Morgan fingerprint density at radius 1 is 1.30 bits per heavy atom. The number of amides is 1. The van der Waals surface area contributed by atoms with Gasteiger partial charge in [-0.1, -0.05) is 0 Å². The number of carbonyl (C=O) groups excluding carboxylic acids is 1. The van der Waals surface area contributed by atoms with Crippen molar-refractivity contribution in [1.82, 2.24) is 9.78 Å². The minimum atomic E-state index is -3.19. The average Bonchev–Trinajstić information content (AvgIpc) is 2.91. The van der Waals surface area contributed by atoms with Crippen molar-refractivity contribution in [3.63, 3.8) is 0 Å². The van der Waals surface area contributed by atoms with Crippen molar-refractivity contribution in [3.8, 4) is 5.75 Å². The number of benzene rings is 1. The van der Waals surface area contributed by atoms with Crippen LogP contribution in [0.3, 0.4) is 0 Å². The lowest BCUT2D eigenvalue weighted by molar-refractivity contribution is -0.386. The molecule has 1 aromatic heterocycles. The number of carbonyl (C=O) groups is 1. The van der Waals surface area contributed by atoms with E-state index < -0.39 is 40.1 Å². The number of nitrogens with zero attached hydrogens (tertiary/aromatic N) is 4. The van der Waals surface area contributed by atoms with Crippen LogP contribution in [0.4, 0.5) is 25.8 Å². The first kappa shape index (κ1) is 19.7. The number of non-ortho nitro benzene ring substituents is 1. The first-order chi connectivity index (χ1) is 12.6. The maximum atomic E-state index is 12.9. The molecule has 0 aliphatic heterocycles. The lowest BCUT2D eigenvalue weighted by Gasteiger charge is -2.08. The van der Waals surface area contributed by atoms with Gasteiger partial charge in [0, 0.05) is 12.1 Å². The SMILES string of the molecule is COc1cc(NC(=O)Cn2nc(C(F)F)c([N+](=O)[O-])c2C)cc([N+](=O)[O-])c1. The van der Waals surface area contributed by atoms with Crippen LogP contribution in [0.1, 0.15) is 17.8 Å². The zero-order valence-corrected chi connectivity index (χ0v) is 14.0. The smallest absolute Gasteiger partial charge is 0.319 e. The molecule has 0 fully saturated rings. The molecule has 2 aromatic rings. The van der Waals surface area contributed by atoms with E-state index in [9.17, 15) is 33.8 Å². The Kier molecular flexibility index (Phi) is 5.63. The number of nitro groups is 2. The van der Waals surface area contributed by atoms with Gasteiger partial charge >= 0.3 is 5.69 Å². The van der Waals surface area contributed by atoms with Crippen LogP contribution in [-0.4, -0.2) is 32.6 Å². The van der Waals surface area contributed by atoms with Crippen molar-refractivity contribution in [2.75, 3.05) is 12.4 Å². The van der Waals surface area contributed by atoms with E-state index >= 15 is 0 Å². The van der Waals surface area contributed by atoms with Gasteiger partial charge in [0.2, 0.25) is 11.6 Å². The van der Waals surface area contributed by atoms with Crippen LogP contribution in [0.15, 0.2) is 18.2 Å². The molecule has 1 aromatic carbocycles. The second kappa shape index (κ2) is 7.72. The fourth-order valence-corrected chi connectivity index (χ4v) is 2.30. The van der Waals surface area contributed by atoms with Crippen molar-refractivity contribution in [2.24, 2.45) is 0 Å². The van der Waals surface area contributed by atoms with Gasteiger partial charge in [-0.2, -0.15) is 5.10 Å². The number of halogens is 2. The van der Waals surface area contributed by atoms with Crippen LogP contribution in [0, 0.1) is 27.2 Å². The number of methoxy groups -OCH3 is 1. The van der Waals surface area contributed by atoms with E-state index in [0.29, 0.717) is 0 Å². The molecule has 0 atom stereocenters. The maximum Gasteiger partial charge on any atom is 0.319 e. The third kappa shape index (κ3) is 4.31. The Morgan fingerprint density at radius 2 is 1.96 bits per heavy atom. The third-order valence-corrected chi connectivity index (χ3v) is 3.51. The minimum absolute atomic E-state index is 0.0273. The number of hydrogen-bond acceptors (Lipinski definition) is 7. The highest BCUT2D eigenvalue weighted by molar-refractivity contribution is 5.91. The number of ether oxygens (including phenoxy) is 1. The first-order valence-electron chi connectivity index (χ1n) is 7.27. The Hall–Kier alpha value is -3.64. The zero-order chi connectivity index (χ0) is 20.3. The van der Waals surface area contributed by atoms with E-state index in [2.05, 4.69) is 10.4 Å². The van der Waals surface area contributed by atoms with Gasteiger partial charge in [0.15, 0.2) is 0 Å². The number of rotatable bonds is 7. The molecule has 1 N–H and O–H groups in total. The Labute approximate surface area is 149 Å². The number of nitro benzene ring substituents is 1. The fourth-order valence-electron chi connectivity index (χ4n) is 2.30. The van der Waals surface area contributed by atoms with E-state index in [1.54, 1.807) is 0 Å². The summed E-state index contributed by atoms with van der Waals surface area (Å²) in [6.07, 6.45) is -3.19. The summed E-state index contributed by atoms with van der Waals surface area (Å²) in [4.78, 5) is 32.3. The van der Waals surface area contributed by atoms with Gasteiger partial charge in [-0.15, -0.1) is 0 Å². The average molecular weight is 385 g/mol. The van der Waals surface area contributed by atoms with E-state index in [0.717, 1.165) is 16.8 Å². The minimum Gasteiger partial charge on any atom is -0.496 e. The van der Waals surface area contributed by atoms with Crippen LogP contribution >= 0.6 is 0 Å². The van der Waals surface area contributed by atoms with Crippen LogP contribution in [0.5, 0.6) is 5.75 Å². The molecule has 1 amide bonds. The molecule has 0 radical (unpaired) electrons. The summed E-state index contributed by atoms with van der Waals surface area (Å²) in [6, 6.07) is 3.53.